The van der Waals surface area contributed by atoms with Crippen molar-refractivity contribution in [2.45, 2.75) is 33.2 Å². The van der Waals surface area contributed by atoms with Gasteiger partial charge in [0.15, 0.2) is 5.69 Å². The number of carboxylic acids is 1. The van der Waals surface area contributed by atoms with Crippen molar-refractivity contribution < 1.29 is 14.7 Å². The minimum atomic E-state index is -1.18. The third kappa shape index (κ3) is 3.59. The average molecular weight is 354 g/mol. The van der Waals surface area contributed by atoms with Crippen LogP contribution in [0.2, 0.25) is 5.02 Å². The van der Waals surface area contributed by atoms with E-state index in [0.29, 0.717) is 18.0 Å². The summed E-state index contributed by atoms with van der Waals surface area (Å²) in [6.45, 7) is 6.08. The van der Waals surface area contributed by atoms with E-state index >= 15 is 0 Å². The lowest BCUT2D eigenvalue weighted by Gasteiger charge is -2.14. The van der Waals surface area contributed by atoms with Gasteiger partial charge in [0.2, 0.25) is 0 Å². The van der Waals surface area contributed by atoms with E-state index in [0.717, 1.165) is 11.4 Å². The van der Waals surface area contributed by atoms with Gasteiger partial charge in [-0.15, -0.1) is 0 Å². The van der Waals surface area contributed by atoms with Crippen molar-refractivity contribution in [3.05, 3.63) is 33.9 Å². The molecule has 9 heteroatoms. The number of aryl methyl sites for hydroxylation is 2. The molecule has 2 aromatic rings. The lowest BCUT2D eigenvalue weighted by molar-refractivity contribution is 0.0691. The topological polar surface area (TPSA) is 102 Å². The Balaban J connectivity index is 1.98. The molecule has 0 saturated heterocycles. The highest BCUT2D eigenvalue weighted by Gasteiger charge is 2.21. The Kier molecular flexibility index (Phi) is 5.28. The molecule has 0 bridgehead atoms. The molecule has 0 aliphatic rings. The molecule has 2 aromatic heterocycles. The number of carboxylic acid groups (broad SMARTS) is 1. The van der Waals surface area contributed by atoms with Crippen LogP contribution in [0.5, 0.6) is 0 Å². The zero-order valence-corrected chi connectivity index (χ0v) is 14.8. The standard InChI is InChI=1S/C15H20ClN5O3/c1-8(21-10(3)12(16)9(2)18-21)5-6-17-14(22)13-11(15(23)24)7-20(4)19-13/h7-8H,5-6H2,1-4H3,(H,17,22)(H,23,24)/t8-/m1/s1. The SMILES string of the molecule is Cc1nn([C@H](C)CCNC(=O)c2nn(C)cc2C(=O)O)c(C)c1Cl. The number of nitrogens with zero attached hydrogens (tertiary/aromatic N) is 4. The number of aromatic nitrogens is 4. The molecular weight excluding hydrogens is 334 g/mol. The van der Waals surface area contributed by atoms with Crippen molar-refractivity contribution in [3.8, 4) is 0 Å². The number of amides is 1. The van der Waals surface area contributed by atoms with Crippen LogP contribution in [0.15, 0.2) is 6.20 Å². The number of carbonyl (C=O) groups excluding carboxylic acids is 1. The van der Waals surface area contributed by atoms with Crippen molar-refractivity contribution in [1.82, 2.24) is 24.9 Å². The van der Waals surface area contributed by atoms with Gasteiger partial charge in [0, 0.05) is 19.8 Å². The van der Waals surface area contributed by atoms with Gasteiger partial charge in [-0.3, -0.25) is 14.2 Å². The fraction of sp³-hybridized carbons (Fsp3) is 0.467. The summed E-state index contributed by atoms with van der Waals surface area (Å²) in [5.74, 6) is -1.69. The molecule has 1 atom stereocenters. The van der Waals surface area contributed by atoms with Crippen LogP contribution in [0.4, 0.5) is 0 Å². The third-order valence-electron chi connectivity index (χ3n) is 3.78. The first-order valence-electron chi connectivity index (χ1n) is 7.48. The summed E-state index contributed by atoms with van der Waals surface area (Å²) in [4.78, 5) is 23.3. The van der Waals surface area contributed by atoms with Crippen molar-refractivity contribution in [1.29, 1.82) is 0 Å². The molecule has 24 heavy (non-hydrogen) atoms. The first-order chi connectivity index (χ1) is 11.2. The van der Waals surface area contributed by atoms with Gasteiger partial charge in [-0.05, 0) is 27.2 Å². The van der Waals surface area contributed by atoms with Crippen molar-refractivity contribution >= 4 is 23.5 Å². The Morgan fingerprint density at radius 2 is 2.04 bits per heavy atom. The normalized spacial score (nSPS) is 12.2. The molecule has 1 amide bonds. The molecule has 130 valence electrons. The zero-order chi connectivity index (χ0) is 18.0. The molecule has 0 fully saturated rings. The second-order valence-corrected chi connectivity index (χ2v) is 6.07. The predicted molar refractivity (Wildman–Crippen MR) is 88.5 cm³/mol. The van der Waals surface area contributed by atoms with Gasteiger partial charge in [-0.2, -0.15) is 10.2 Å². The Bertz CT molecular complexity index is 780. The molecule has 0 aromatic carbocycles. The third-order valence-corrected chi connectivity index (χ3v) is 4.32. The molecule has 2 rings (SSSR count). The van der Waals surface area contributed by atoms with Gasteiger partial charge in [0.05, 0.1) is 22.5 Å². The fourth-order valence-corrected chi connectivity index (χ4v) is 2.61. The van der Waals surface area contributed by atoms with E-state index in [1.54, 1.807) is 7.05 Å². The summed E-state index contributed by atoms with van der Waals surface area (Å²) in [7, 11) is 1.57. The minimum absolute atomic E-state index is 0.0409. The number of carbonyl (C=O) groups is 2. The Morgan fingerprint density at radius 1 is 1.38 bits per heavy atom. The fourth-order valence-electron chi connectivity index (χ4n) is 2.49. The molecule has 2 N–H and O–H groups in total. The summed E-state index contributed by atoms with van der Waals surface area (Å²) in [5, 5.41) is 20.7. The molecule has 8 nitrogen and oxygen atoms in total. The van der Waals surface area contributed by atoms with Crippen LogP contribution in [-0.2, 0) is 7.05 Å². The second-order valence-electron chi connectivity index (χ2n) is 5.69. The number of nitrogens with one attached hydrogen (secondary N) is 1. The van der Waals surface area contributed by atoms with Gasteiger partial charge in [0.1, 0.15) is 5.56 Å². The number of halogens is 1. The summed E-state index contributed by atoms with van der Waals surface area (Å²) in [6.07, 6.45) is 1.93. The number of rotatable bonds is 6. The summed E-state index contributed by atoms with van der Waals surface area (Å²) < 4.78 is 3.13. The lowest BCUT2D eigenvalue weighted by atomic mass is 10.2. The first kappa shape index (κ1) is 18.0. The van der Waals surface area contributed by atoms with Gasteiger partial charge in [0.25, 0.3) is 5.91 Å². The molecule has 0 aliphatic heterocycles. The van der Waals surface area contributed by atoms with E-state index in [-0.39, 0.29) is 17.3 Å². The van der Waals surface area contributed by atoms with Crippen LogP contribution in [0.1, 0.15) is 51.6 Å². The first-order valence-corrected chi connectivity index (χ1v) is 7.86. The van der Waals surface area contributed by atoms with Gasteiger partial charge < -0.3 is 10.4 Å². The monoisotopic (exact) mass is 353 g/mol. The number of aromatic carboxylic acids is 1. The summed E-state index contributed by atoms with van der Waals surface area (Å²) in [6, 6.07) is 0.0409. The highest BCUT2D eigenvalue weighted by atomic mass is 35.5. The van der Waals surface area contributed by atoms with Crippen molar-refractivity contribution in [2.24, 2.45) is 7.05 Å². The summed E-state index contributed by atoms with van der Waals surface area (Å²) in [5.41, 5.74) is 1.44. The maximum Gasteiger partial charge on any atom is 0.339 e. The van der Waals surface area contributed by atoms with Gasteiger partial charge in [-0.1, -0.05) is 11.6 Å². The molecule has 2 heterocycles. The highest BCUT2D eigenvalue weighted by molar-refractivity contribution is 6.31. The lowest BCUT2D eigenvalue weighted by Crippen LogP contribution is -2.28. The Hall–Kier alpha value is -2.35. The maximum atomic E-state index is 12.1. The molecule has 0 unspecified atom stereocenters. The van der Waals surface area contributed by atoms with E-state index in [4.69, 9.17) is 16.7 Å². The summed E-state index contributed by atoms with van der Waals surface area (Å²) >= 11 is 6.14. The maximum absolute atomic E-state index is 12.1. The number of hydrogen-bond acceptors (Lipinski definition) is 4. The van der Waals surface area contributed by atoms with Crippen LogP contribution in [0.25, 0.3) is 0 Å². The van der Waals surface area contributed by atoms with Crippen LogP contribution in [-0.4, -0.2) is 43.1 Å². The molecule has 0 radical (unpaired) electrons. The molecule has 0 spiro atoms. The van der Waals surface area contributed by atoms with Crippen LogP contribution >= 0.6 is 11.6 Å². The van der Waals surface area contributed by atoms with E-state index < -0.39 is 11.9 Å². The van der Waals surface area contributed by atoms with Gasteiger partial charge >= 0.3 is 5.97 Å². The minimum Gasteiger partial charge on any atom is -0.478 e. The molecule has 0 saturated carbocycles. The molecular formula is C15H20ClN5O3. The van der Waals surface area contributed by atoms with Crippen LogP contribution in [0, 0.1) is 13.8 Å². The van der Waals surface area contributed by atoms with Crippen LogP contribution in [0.3, 0.4) is 0 Å². The highest BCUT2D eigenvalue weighted by Crippen LogP contribution is 2.23. The van der Waals surface area contributed by atoms with E-state index in [1.807, 2.05) is 25.5 Å². The predicted octanol–water partition coefficient (Wildman–Crippen LogP) is 1.97. The Labute approximate surface area is 144 Å². The zero-order valence-electron chi connectivity index (χ0n) is 14.0. The quantitative estimate of drug-likeness (QED) is 0.826. The van der Waals surface area contributed by atoms with E-state index in [2.05, 4.69) is 15.5 Å². The van der Waals surface area contributed by atoms with Crippen molar-refractivity contribution in [3.63, 3.8) is 0 Å². The average Bonchev–Trinajstić information content (AvgIpc) is 3.03. The molecule has 0 aliphatic carbocycles. The number of hydrogen-bond donors (Lipinski definition) is 2. The Morgan fingerprint density at radius 3 is 2.58 bits per heavy atom. The van der Waals surface area contributed by atoms with Crippen molar-refractivity contribution in [2.75, 3.05) is 6.54 Å². The van der Waals surface area contributed by atoms with Gasteiger partial charge in [-0.25, -0.2) is 4.79 Å². The largest absolute Gasteiger partial charge is 0.478 e. The van der Waals surface area contributed by atoms with Crippen LogP contribution < -0.4 is 5.32 Å². The van der Waals surface area contributed by atoms with E-state index in [1.165, 1.54) is 10.9 Å². The van der Waals surface area contributed by atoms with E-state index in [9.17, 15) is 9.59 Å². The second kappa shape index (κ2) is 7.04. The smallest absolute Gasteiger partial charge is 0.339 e.